The van der Waals surface area contributed by atoms with E-state index < -0.39 is 12.1 Å². The number of hydrogen-bond donors (Lipinski definition) is 0. The number of esters is 3. The molecule has 0 aromatic carbocycles. The molecular formula is C48H82O6. The maximum atomic E-state index is 12.7. The van der Waals surface area contributed by atoms with Crippen molar-refractivity contribution in [2.24, 2.45) is 0 Å². The molecule has 0 fully saturated rings. The van der Waals surface area contributed by atoms with E-state index in [1.54, 1.807) is 6.08 Å². The van der Waals surface area contributed by atoms with Gasteiger partial charge >= 0.3 is 17.9 Å². The van der Waals surface area contributed by atoms with Gasteiger partial charge in [-0.1, -0.05) is 191 Å². The first-order valence-electron chi connectivity index (χ1n) is 22.3. The monoisotopic (exact) mass is 755 g/mol. The summed E-state index contributed by atoms with van der Waals surface area (Å²) in [6.45, 7) is 6.29. The molecule has 0 aliphatic rings. The third kappa shape index (κ3) is 40.3. The van der Waals surface area contributed by atoms with Gasteiger partial charge in [-0.15, -0.1) is 0 Å². The van der Waals surface area contributed by atoms with E-state index >= 15 is 0 Å². The fourth-order valence-electron chi connectivity index (χ4n) is 6.01. The molecule has 0 radical (unpaired) electrons. The molecule has 0 N–H and O–H groups in total. The van der Waals surface area contributed by atoms with E-state index in [0.717, 1.165) is 89.9 Å². The zero-order valence-electron chi connectivity index (χ0n) is 35.2. The standard InChI is InChI=1S/C48H82O6/c1-4-7-10-13-16-19-21-23-24-25-27-29-32-35-38-41-47(50)53-44-45(43-52-46(49)40-37-34-31-28-18-15-12-9-6-3)54-48(51)42-39-36-33-30-26-22-20-17-14-11-8-5-2/h8-9,11-12,17-18,20,28,34,37,45H,4-7,10,13-16,19,21-27,29-33,35-36,38-44H2,1-3H3/b11-8-,12-9-,20-17-,28-18-,37-34-. The molecule has 0 aliphatic carbocycles. The second kappa shape index (κ2) is 42.8. The molecule has 0 aromatic rings. The van der Waals surface area contributed by atoms with Gasteiger partial charge in [0, 0.05) is 12.8 Å². The largest absolute Gasteiger partial charge is 0.462 e. The first kappa shape index (κ1) is 51.1. The maximum Gasteiger partial charge on any atom is 0.309 e. The molecule has 0 heterocycles. The van der Waals surface area contributed by atoms with Crippen LogP contribution in [0.25, 0.3) is 0 Å². The average molecular weight is 755 g/mol. The second-order valence-electron chi connectivity index (χ2n) is 14.6. The SMILES string of the molecule is CC/C=C\C/C=C\C/C=C\CC(=O)OCC(COC(=O)CCCCCCCCCCCCCCCCC)OC(=O)CCCCCCC/C=C\C/C=C\CC. The molecule has 0 amide bonds. The number of rotatable bonds is 39. The Balaban J connectivity index is 4.41. The lowest BCUT2D eigenvalue weighted by molar-refractivity contribution is -0.166. The molecule has 0 saturated heterocycles. The molecule has 0 aromatic heterocycles. The molecule has 310 valence electrons. The molecule has 0 rings (SSSR count). The molecule has 6 nitrogen and oxygen atoms in total. The van der Waals surface area contributed by atoms with Crippen molar-refractivity contribution >= 4 is 17.9 Å². The summed E-state index contributed by atoms with van der Waals surface area (Å²) in [4.78, 5) is 37.6. The Labute approximate surface area is 332 Å². The Bertz CT molecular complexity index is 1010. The van der Waals surface area contributed by atoms with E-state index in [-0.39, 0.29) is 31.6 Å². The minimum Gasteiger partial charge on any atom is -0.462 e. The van der Waals surface area contributed by atoms with E-state index in [1.165, 1.54) is 77.0 Å². The van der Waals surface area contributed by atoms with E-state index in [0.29, 0.717) is 12.8 Å². The van der Waals surface area contributed by atoms with E-state index in [4.69, 9.17) is 14.2 Å². The molecular weight excluding hydrogens is 673 g/mol. The summed E-state index contributed by atoms with van der Waals surface area (Å²) in [5.74, 6) is -1.05. The maximum absolute atomic E-state index is 12.7. The zero-order chi connectivity index (χ0) is 39.4. The molecule has 1 atom stereocenters. The van der Waals surface area contributed by atoms with Gasteiger partial charge in [0.15, 0.2) is 6.10 Å². The van der Waals surface area contributed by atoms with Gasteiger partial charge in [0.2, 0.25) is 0 Å². The summed E-state index contributed by atoms with van der Waals surface area (Å²) >= 11 is 0. The first-order valence-corrected chi connectivity index (χ1v) is 22.3. The molecule has 54 heavy (non-hydrogen) atoms. The van der Waals surface area contributed by atoms with Crippen LogP contribution in [-0.4, -0.2) is 37.2 Å². The zero-order valence-corrected chi connectivity index (χ0v) is 35.2. The molecule has 1 unspecified atom stereocenters. The summed E-state index contributed by atoms with van der Waals surface area (Å²) in [5.41, 5.74) is 0. The highest BCUT2D eigenvalue weighted by Crippen LogP contribution is 2.14. The predicted octanol–water partition coefficient (Wildman–Crippen LogP) is 14.1. The smallest absolute Gasteiger partial charge is 0.309 e. The van der Waals surface area contributed by atoms with Crippen LogP contribution in [0.4, 0.5) is 0 Å². The van der Waals surface area contributed by atoms with Gasteiger partial charge in [-0.05, 0) is 57.8 Å². The lowest BCUT2D eigenvalue weighted by atomic mass is 10.0. The van der Waals surface area contributed by atoms with Crippen LogP contribution >= 0.6 is 0 Å². The van der Waals surface area contributed by atoms with Crippen LogP contribution in [0.15, 0.2) is 60.8 Å². The predicted molar refractivity (Wildman–Crippen MR) is 228 cm³/mol. The Morgan fingerprint density at radius 2 is 0.796 bits per heavy atom. The van der Waals surface area contributed by atoms with Crippen molar-refractivity contribution in [2.45, 2.75) is 213 Å². The molecule has 0 aliphatic heterocycles. The van der Waals surface area contributed by atoms with Gasteiger partial charge in [-0.25, -0.2) is 0 Å². The summed E-state index contributed by atoms with van der Waals surface area (Å²) in [6, 6.07) is 0. The van der Waals surface area contributed by atoms with Crippen LogP contribution in [0.5, 0.6) is 0 Å². The minimum absolute atomic E-state index is 0.106. The normalized spacial score (nSPS) is 12.6. The second-order valence-corrected chi connectivity index (χ2v) is 14.6. The summed E-state index contributed by atoms with van der Waals surface area (Å²) in [7, 11) is 0. The van der Waals surface area contributed by atoms with E-state index in [1.807, 2.05) is 6.08 Å². The van der Waals surface area contributed by atoms with Crippen molar-refractivity contribution in [3.63, 3.8) is 0 Å². The van der Waals surface area contributed by atoms with Crippen molar-refractivity contribution in [2.75, 3.05) is 13.2 Å². The third-order valence-electron chi connectivity index (χ3n) is 9.30. The van der Waals surface area contributed by atoms with Gasteiger partial charge in [-0.2, -0.15) is 0 Å². The Kier molecular flexibility index (Phi) is 40.6. The highest BCUT2D eigenvalue weighted by Gasteiger charge is 2.19. The van der Waals surface area contributed by atoms with Crippen LogP contribution in [0.1, 0.15) is 207 Å². The topological polar surface area (TPSA) is 78.9 Å². The summed E-state index contributed by atoms with van der Waals surface area (Å²) in [6.07, 6.45) is 51.0. The summed E-state index contributed by atoms with van der Waals surface area (Å²) < 4.78 is 16.6. The number of carbonyl (C=O) groups is 3. The minimum atomic E-state index is -0.812. The first-order chi connectivity index (χ1) is 26.5. The Morgan fingerprint density at radius 1 is 0.407 bits per heavy atom. The van der Waals surface area contributed by atoms with Gasteiger partial charge in [-0.3, -0.25) is 14.4 Å². The molecule has 0 bridgehead atoms. The van der Waals surface area contributed by atoms with Crippen molar-refractivity contribution in [3.8, 4) is 0 Å². The van der Waals surface area contributed by atoms with Crippen molar-refractivity contribution in [3.05, 3.63) is 60.8 Å². The lowest BCUT2D eigenvalue weighted by Gasteiger charge is -2.18. The van der Waals surface area contributed by atoms with Crippen molar-refractivity contribution in [1.82, 2.24) is 0 Å². The molecule has 0 spiro atoms. The van der Waals surface area contributed by atoms with Crippen LogP contribution in [0.2, 0.25) is 0 Å². The van der Waals surface area contributed by atoms with E-state index in [2.05, 4.69) is 69.4 Å². The van der Waals surface area contributed by atoms with E-state index in [9.17, 15) is 14.4 Å². The van der Waals surface area contributed by atoms with Crippen LogP contribution in [0.3, 0.4) is 0 Å². The van der Waals surface area contributed by atoms with Gasteiger partial charge < -0.3 is 14.2 Å². The van der Waals surface area contributed by atoms with Crippen molar-refractivity contribution < 1.29 is 28.6 Å². The highest BCUT2D eigenvalue weighted by atomic mass is 16.6. The van der Waals surface area contributed by atoms with Gasteiger partial charge in [0.05, 0.1) is 6.42 Å². The lowest BCUT2D eigenvalue weighted by Crippen LogP contribution is -2.30. The number of allylic oxidation sites excluding steroid dienone is 9. The highest BCUT2D eigenvalue weighted by molar-refractivity contribution is 5.72. The number of ether oxygens (including phenoxy) is 3. The molecule has 6 heteroatoms. The average Bonchev–Trinajstić information content (AvgIpc) is 3.17. The Morgan fingerprint density at radius 3 is 1.30 bits per heavy atom. The quantitative estimate of drug-likeness (QED) is 0.0269. The van der Waals surface area contributed by atoms with Crippen LogP contribution < -0.4 is 0 Å². The number of unbranched alkanes of at least 4 members (excludes halogenated alkanes) is 19. The van der Waals surface area contributed by atoms with Gasteiger partial charge in [0.1, 0.15) is 13.2 Å². The Hall–Kier alpha value is -2.89. The van der Waals surface area contributed by atoms with Crippen LogP contribution in [-0.2, 0) is 28.6 Å². The molecule has 0 saturated carbocycles. The fraction of sp³-hybridized carbons (Fsp3) is 0.729. The third-order valence-corrected chi connectivity index (χ3v) is 9.30. The number of carbonyl (C=O) groups excluding carboxylic acids is 3. The number of hydrogen-bond acceptors (Lipinski definition) is 6. The van der Waals surface area contributed by atoms with Crippen molar-refractivity contribution in [1.29, 1.82) is 0 Å². The van der Waals surface area contributed by atoms with Crippen LogP contribution in [0, 0.1) is 0 Å². The fourth-order valence-corrected chi connectivity index (χ4v) is 6.01. The summed E-state index contributed by atoms with van der Waals surface area (Å²) in [5, 5.41) is 0. The van der Waals surface area contributed by atoms with Gasteiger partial charge in [0.25, 0.3) is 0 Å².